The molecule has 0 rings (SSSR count). The molecule has 0 aliphatic rings. The Morgan fingerprint density at radius 1 is 0.857 bits per heavy atom. The number of hydrogen-bond donors (Lipinski definition) is 1. The fraction of sp³-hybridized carbons (Fsp3) is 0. The van der Waals surface area contributed by atoms with Gasteiger partial charge in [0.05, 0.1) is 0 Å². The van der Waals surface area contributed by atoms with Crippen LogP contribution in [0.5, 0.6) is 0 Å². The van der Waals surface area contributed by atoms with Gasteiger partial charge in [-0.25, -0.2) is 18.6 Å². The van der Waals surface area contributed by atoms with Crippen LogP contribution in [0.15, 0.2) is 0 Å². The third-order valence-electron chi connectivity index (χ3n) is 0. The van der Waals surface area contributed by atoms with Gasteiger partial charge in [-0.15, -0.1) is 10.2 Å². The standard InChI is InChI=1S/ClHO4.H3N.Na/c2-1(3,4)5;;/h(H,2,3,4,5);1H3;. The fourth-order valence-electron chi connectivity index (χ4n) is 0. The van der Waals surface area contributed by atoms with Gasteiger partial charge < -0.3 is 6.15 Å². The van der Waals surface area contributed by atoms with Crippen LogP contribution in [0, 0.1) is 10.2 Å². The van der Waals surface area contributed by atoms with Crippen LogP contribution in [0.25, 0.3) is 0 Å². The summed E-state index contributed by atoms with van der Waals surface area (Å²) in [6.07, 6.45) is 0. The zero-order chi connectivity index (χ0) is 4.50. The molecule has 0 heterocycles. The zero-order valence-electron chi connectivity index (χ0n) is 4.01. The van der Waals surface area contributed by atoms with E-state index < -0.39 is 10.2 Å². The van der Waals surface area contributed by atoms with Crippen LogP contribution in [-0.4, -0.2) is 29.6 Å². The molecule has 0 aromatic heterocycles. The minimum absolute atomic E-state index is 0. The summed E-state index contributed by atoms with van der Waals surface area (Å²) in [6, 6.07) is 0. The van der Waals surface area contributed by atoms with Crippen LogP contribution in [0.4, 0.5) is 0 Å². The number of quaternary nitrogens is 1. The third-order valence-corrected chi connectivity index (χ3v) is 0. The maximum Gasteiger partial charge on any atom is 0 e. The van der Waals surface area contributed by atoms with Gasteiger partial charge in [0.25, 0.3) is 0 Å². The molecular formula is H4ClNNaO4. The van der Waals surface area contributed by atoms with E-state index >= 15 is 0 Å². The second kappa shape index (κ2) is 5.23. The van der Waals surface area contributed by atoms with Crippen molar-refractivity contribution in [3.63, 3.8) is 0 Å². The van der Waals surface area contributed by atoms with Crippen molar-refractivity contribution in [2.24, 2.45) is 0 Å². The average molecular weight is 140 g/mol. The summed E-state index contributed by atoms with van der Waals surface area (Å²) in [7, 11) is -4.94. The first-order valence-electron chi connectivity index (χ1n) is 0.617. The topological polar surface area (TPSA) is 129 Å². The monoisotopic (exact) mass is 140 g/mol. The van der Waals surface area contributed by atoms with E-state index in [0.29, 0.717) is 0 Å². The molecule has 7 heteroatoms. The van der Waals surface area contributed by atoms with Gasteiger partial charge in [0, 0.05) is 29.6 Å². The van der Waals surface area contributed by atoms with E-state index in [9.17, 15) is 0 Å². The Balaban J connectivity index is -0.0000000800. The van der Waals surface area contributed by atoms with Crippen LogP contribution in [0.2, 0.25) is 0 Å². The molecule has 0 aliphatic heterocycles. The van der Waals surface area contributed by atoms with E-state index in [-0.39, 0.29) is 35.7 Å². The van der Waals surface area contributed by atoms with E-state index in [1.165, 1.54) is 0 Å². The summed E-state index contributed by atoms with van der Waals surface area (Å²) in [5, 5.41) is 0. The largest absolute Gasteiger partial charge is 0.369 e. The van der Waals surface area contributed by atoms with Crippen LogP contribution < -0.4 is 24.8 Å². The zero-order valence-corrected chi connectivity index (χ0v) is 6.77. The van der Waals surface area contributed by atoms with Crippen LogP contribution in [0.1, 0.15) is 0 Å². The van der Waals surface area contributed by atoms with E-state index in [0.717, 1.165) is 0 Å². The van der Waals surface area contributed by atoms with Gasteiger partial charge in [0.1, 0.15) is 0 Å². The Morgan fingerprint density at radius 3 is 0.857 bits per heavy atom. The summed E-state index contributed by atoms with van der Waals surface area (Å²) in [6.45, 7) is 0. The Kier molecular flexibility index (Phi) is 11.7. The SMILES string of the molecule is [NH4+].[Na].[O-][Cl+3]([O-])([O-])[O-]. The van der Waals surface area contributed by atoms with Crippen molar-refractivity contribution in [3.8, 4) is 0 Å². The first-order valence-corrected chi connectivity index (χ1v) is 1.85. The summed E-state index contributed by atoms with van der Waals surface area (Å²) < 4.78 is 34.0. The summed E-state index contributed by atoms with van der Waals surface area (Å²) in [5.41, 5.74) is 0. The van der Waals surface area contributed by atoms with Crippen molar-refractivity contribution < 1.29 is 28.9 Å². The maximum absolute atomic E-state index is 8.49. The second-order valence-corrected chi connectivity index (χ2v) is 1.13. The van der Waals surface area contributed by atoms with Crippen molar-refractivity contribution in [2.75, 3.05) is 0 Å². The predicted molar refractivity (Wildman–Crippen MR) is 11.7 cm³/mol. The molecule has 0 aromatic carbocycles. The first-order chi connectivity index (χ1) is 2.00. The van der Waals surface area contributed by atoms with Crippen molar-refractivity contribution >= 4 is 29.6 Å². The summed E-state index contributed by atoms with van der Waals surface area (Å²) in [4.78, 5) is 0. The molecule has 0 fully saturated rings. The molecular weight excluding hydrogens is 136 g/mol. The van der Waals surface area contributed by atoms with Crippen molar-refractivity contribution in [3.05, 3.63) is 0 Å². The quantitative estimate of drug-likeness (QED) is 0.339. The smallest absolute Gasteiger partial charge is 0 e. The molecule has 0 unspecified atom stereocenters. The molecule has 4 N–H and O–H groups in total. The van der Waals surface area contributed by atoms with E-state index in [4.69, 9.17) is 18.6 Å². The summed E-state index contributed by atoms with van der Waals surface area (Å²) in [5.74, 6) is 0. The first kappa shape index (κ1) is 15.7. The number of rotatable bonds is 0. The Bertz CT molecular complexity index is 27.2. The second-order valence-electron chi connectivity index (χ2n) is 0.378. The average Bonchev–Trinajstić information content (AvgIpc) is 0.722. The van der Waals surface area contributed by atoms with Gasteiger partial charge in [-0.05, 0) is 0 Å². The molecule has 0 aliphatic carbocycles. The van der Waals surface area contributed by atoms with Gasteiger partial charge in [-0.1, -0.05) is 0 Å². The van der Waals surface area contributed by atoms with Crippen molar-refractivity contribution in [1.29, 1.82) is 0 Å². The van der Waals surface area contributed by atoms with E-state index in [1.807, 2.05) is 0 Å². The van der Waals surface area contributed by atoms with Gasteiger partial charge in [0.2, 0.25) is 0 Å². The normalized spacial score (nSPS) is 8.57. The van der Waals surface area contributed by atoms with Gasteiger partial charge in [0.15, 0.2) is 0 Å². The predicted octanol–water partition coefficient (Wildman–Crippen LogP) is -4.76. The van der Waals surface area contributed by atoms with Crippen LogP contribution in [-0.2, 0) is 0 Å². The minimum Gasteiger partial charge on any atom is -0.369 e. The van der Waals surface area contributed by atoms with Gasteiger partial charge >= 0.3 is 0 Å². The molecule has 7 heavy (non-hydrogen) atoms. The van der Waals surface area contributed by atoms with E-state index in [1.54, 1.807) is 0 Å². The number of halogens is 1. The molecule has 1 radical (unpaired) electrons. The molecule has 0 spiro atoms. The third kappa shape index (κ3) is 155. The van der Waals surface area contributed by atoms with Crippen LogP contribution >= 0.6 is 0 Å². The van der Waals surface area contributed by atoms with Crippen LogP contribution in [0.3, 0.4) is 0 Å². The molecule has 0 aromatic rings. The molecule has 0 atom stereocenters. The van der Waals surface area contributed by atoms with Gasteiger partial charge in [-0.2, -0.15) is 0 Å². The molecule has 41 valence electrons. The molecule has 0 saturated heterocycles. The Labute approximate surface area is 64.6 Å². The number of hydrogen-bond acceptors (Lipinski definition) is 4. The Hall–Kier alpha value is 1.09. The maximum atomic E-state index is 8.49. The molecule has 5 nitrogen and oxygen atoms in total. The minimum atomic E-state index is -4.94. The van der Waals surface area contributed by atoms with Crippen molar-refractivity contribution in [2.45, 2.75) is 0 Å². The molecule has 0 bridgehead atoms. The fourth-order valence-corrected chi connectivity index (χ4v) is 0. The Morgan fingerprint density at radius 2 is 0.857 bits per heavy atom. The van der Waals surface area contributed by atoms with Crippen molar-refractivity contribution in [1.82, 2.24) is 6.15 Å². The van der Waals surface area contributed by atoms with Gasteiger partial charge in [-0.3, -0.25) is 0 Å². The summed E-state index contributed by atoms with van der Waals surface area (Å²) >= 11 is 0. The molecule has 0 saturated carbocycles. The van der Waals surface area contributed by atoms with E-state index in [2.05, 4.69) is 0 Å². The molecule has 0 amide bonds.